The molecule has 0 radical (unpaired) electrons. The standard InChI is InChI=1S/C17H26/c1-7-17(8-2)14-12-10-9-11-13(14)15(3,4)16(17,5)6/h9-12H,7-8H2,1-6H3. The van der Waals surface area contributed by atoms with E-state index in [1.807, 2.05) is 0 Å². The second kappa shape index (κ2) is 3.60. The van der Waals surface area contributed by atoms with E-state index in [4.69, 9.17) is 0 Å². The highest BCUT2D eigenvalue weighted by Gasteiger charge is 2.59. The summed E-state index contributed by atoms with van der Waals surface area (Å²) in [6.45, 7) is 14.4. The van der Waals surface area contributed by atoms with E-state index in [0.717, 1.165) is 0 Å². The van der Waals surface area contributed by atoms with E-state index in [0.29, 0.717) is 10.8 Å². The van der Waals surface area contributed by atoms with Crippen LogP contribution < -0.4 is 0 Å². The van der Waals surface area contributed by atoms with Crippen molar-refractivity contribution in [2.45, 2.75) is 65.2 Å². The van der Waals surface area contributed by atoms with E-state index in [1.165, 1.54) is 12.8 Å². The third-order valence-electron chi connectivity index (χ3n) is 6.08. The molecule has 0 nitrogen and oxygen atoms in total. The van der Waals surface area contributed by atoms with Crippen LogP contribution in [-0.2, 0) is 10.8 Å². The fraction of sp³-hybridized carbons (Fsp3) is 0.647. The summed E-state index contributed by atoms with van der Waals surface area (Å²) in [5.74, 6) is 0. The lowest BCUT2D eigenvalue weighted by Crippen LogP contribution is -2.45. The zero-order chi connectivity index (χ0) is 12.9. The lowest BCUT2D eigenvalue weighted by molar-refractivity contribution is 0.0897. The van der Waals surface area contributed by atoms with Crippen molar-refractivity contribution in [1.29, 1.82) is 0 Å². The van der Waals surface area contributed by atoms with Gasteiger partial charge in [-0.3, -0.25) is 0 Å². The van der Waals surface area contributed by atoms with Crippen LogP contribution in [0.15, 0.2) is 24.3 Å². The van der Waals surface area contributed by atoms with Gasteiger partial charge in [0.15, 0.2) is 0 Å². The van der Waals surface area contributed by atoms with Crippen molar-refractivity contribution in [1.82, 2.24) is 0 Å². The van der Waals surface area contributed by atoms with E-state index < -0.39 is 0 Å². The Kier molecular flexibility index (Phi) is 2.69. The molecule has 0 atom stereocenters. The first-order valence-corrected chi connectivity index (χ1v) is 6.95. The van der Waals surface area contributed by atoms with Crippen LogP contribution in [0.5, 0.6) is 0 Å². The first-order chi connectivity index (χ1) is 7.85. The predicted molar refractivity (Wildman–Crippen MR) is 75.5 cm³/mol. The van der Waals surface area contributed by atoms with Crippen molar-refractivity contribution >= 4 is 0 Å². The molecule has 0 N–H and O–H groups in total. The van der Waals surface area contributed by atoms with Gasteiger partial charge < -0.3 is 0 Å². The Morgan fingerprint density at radius 1 is 0.824 bits per heavy atom. The topological polar surface area (TPSA) is 0 Å². The molecule has 0 aromatic heterocycles. The molecule has 1 aliphatic rings. The summed E-state index contributed by atoms with van der Waals surface area (Å²) in [6.07, 6.45) is 2.47. The molecule has 0 fully saturated rings. The molecule has 1 aliphatic carbocycles. The molecule has 0 bridgehead atoms. The van der Waals surface area contributed by atoms with Crippen LogP contribution in [-0.4, -0.2) is 0 Å². The van der Waals surface area contributed by atoms with E-state index in [2.05, 4.69) is 65.8 Å². The van der Waals surface area contributed by atoms with E-state index in [9.17, 15) is 0 Å². The number of hydrogen-bond acceptors (Lipinski definition) is 0. The molecule has 17 heavy (non-hydrogen) atoms. The summed E-state index contributed by atoms with van der Waals surface area (Å²) in [6, 6.07) is 9.09. The Labute approximate surface area is 106 Å². The minimum absolute atomic E-state index is 0.260. The van der Waals surface area contributed by atoms with Gasteiger partial charge in [-0.1, -0.05) is 65.8 Å². The summed E-state index contributed by atoms with van der Waals surface area (Å²) < 4.78 is 0. The molecular formula is C17H26. The van der Waals surface area contributed by atoms with E-state index >= 15 is 0 Å². The highest BCUT2D eigenvalue weighted by molar-refractivity contribution is 5.49. The Bertz CT molecular complexity index is 419. The summed E-state index contributed by atoms with van der Waals surface area (Å²) in [7, 11) is 0. The molecule has 1 aromatic carbocycles. The van der Waals surface area contributed by atoms with Crippen LogP contribution in [0, 0.1) is 5.41 Å². The molecule has 0 heterocycles. The molecule has 0 spiro atoms. The van der Waals surface area contributed by atoms with Crippen molar-refractivity contribution in [3.05, 3.63) is 35.4 Å². The number of rotatable bonds is 2. The van der Waals surface area contributed by atoms with Crippen molar-refractivity contribution < 1.29 is 0 Å². The lowest BCUT2D eigenvalue weighted by Gasteiger charge is -2.48. The zero-order valence-corrected chi connectivity index (χ0v) is 12.2. The van der Waals surface area contributed by atoms with E-state index in [-0.39, 0.29) is 5.41 Å². The smallest absolute Gasteiger partial charge is 0.00101 e. The van der Waals surface area contributed by atoms with Crippen LogP contribution in [0.4, 0.5) is 0 Å². The van der Waals surface area contributed by atoms with Gasteiger partial charge in [0.25, 0.3) is 0 Å². The van der Waals surface area contributed by atoms with Crippen molar-refractivity contribution in [3.8, 4) is 0 Å². The summed E-state index contributed by atoms with van der Waals surface area (Å²) in [4.78, 5) is 0. The van der Waals surface area contributed by atoms with Gasteiger partial charge in [-0.05, 0) is 34.8 Å². The van der Waals surface area contributed by atoms with Gasteiger partial charge in [0, 0.05) is 5.41 Å². The highest BCUT2D eigenvalue weighted by Crippen LogP contribution is 2.64. The fourth-order valence-electron chi connectivity index (χ4n) is 4.23. The summed E-state index contributed by atoms with van der Waals surface area (Å²) in [5.41, 5.74) is 4.07. The predicted octanol–water partition coefficient (Wildman–Crippen LogP) is 5.06. The molecule has 0 unspecified atom stereocenters. The molecule has 0 heteroatoms. The SMILES string of the molecule is CCC1(CC)c2ccccc2C(C)(C)C1(C)C. The fourth-order valence-corrected chi connectivity index (χ4v) is 4.23. The molecule has 94 valence electrons. The van der Waals surface area contributed by atoms with Gasteiger partial charge in [0.1, 0.15) is 0 Å². The summed E-state index contributed by atoms with van der Waals surface area (Å²) >= 11 is 0. The Morgan fingerprint density at radius 3 is 1.76 bits per heavy atom. The molecule has 1 aromatic rings. The second-order valence-electron chi connectivity index (χ2n) is 6.58. The Balaban J connectivity index is 2.78. The van der Waals surface area contributed by atoms with Gasteiger partial charge >= 0.3 is 0 Å². The third-order valence-corrected chi connectivity index (χ3v) is 6.08. The van der Waals surface area contributed by atoms with Gasteiger partial charge in [0.2, 0.25) is 0 Å². The summed E-state index contributed by atoms with van der Waals surface area (Å²) in [5, 5.41) is 0. The first kappa shape index (κ1) is 12.7. The van der Waals surface area contributed by atoms with Crippen molar-refractivity contribution in [2.24, 2.45) is 5.41 Å². The average Bonchev–Trinajstić information content (AvgIpc) is 2.43. The first-order valence-electron chi connectivity index (χ1n) is 6.95. The van der Waals surface area contributed by atoms with Gasteiger partial charge in [-0.25, -0.2) is 0 Å². The van der Waals surface area contributed by atoms with Gasteiger partial charge in [-0.15, -0.1) is 0 Å². The van der Waals surface area contributed by atoms with Crippen molar-refractivity contribution in [2.75, 3.05) is 0 Å². The molecule has 2 rings (SSSR count). The maximum atomic E-state index is 2.46. The van der Waals surface area contributed by atoms with Crippen LogP contribution in [0.25, 0.3) is 0 Å². The monoisotopic (exact) mass is 230 g/mol. The quantitative estimate of drug-likeness (QED) is 0.666. The normalized spacial score (nSPS) is 23.4. The minimum Gasteiger partial charge on any atom is -0.0645 e. The van der Waals surface area contributed by atoms with Crippen molar-refractivity contribution in [3.63, 3.8) is 0 Å². The maximum Gasteiger partial charge on any atom is 0.00101 e. The molecule has 0 saturated carbocycles. The third kappa shape index (κ3) is 1.25. The zero-order valence-electron chi connectivity index (χ0n) is 12.2. The molecule has 0 saturated heterocycles. The van der Waals surface area contributed by atoms with Crippen LogP contribution in [0.3, 0.4) is 0 Å². The van der Waals surface area contributed by atoms with Crippen LogP contribution >= 0.6 is 0 Å². The number of hydrogen-bond donors (Lipinski definition) is 0. The minimum atomic E-state index is 0.260. The molecular weight excluding hydrogens is 204 g/mol. The Hall–Kier alpha value is -0.780. The van der Waals surface area contributed by atoms with Crippen LogP contribution in [0.1, 0.15) is 65.5 Å². The van der Waals surface area contributed by atoms with Crippen LogP contribution in [0.2, 0.25) is 0 Å². The van der Waals surface area contributed by atoms with Gasteiger partial charge in [0.05, 0.1) is 0 Å². The van der Waals surface area contributed by atoms with E-state index in [1.54, 1.807) is 11.1 Å². The largest absolute Gasteiger partial charge is 0.0645 e. The molecule has 0 amide bonds. The highest BCUT2D eigenvalue weighted by atomic mass is 14.6. The maximum absolute atomic E-state index is 2.46. The lowest BCUT2D eigenvalue weighted by atomic mass is 9.56. The van der Waals surface area contributed by atoms with Gasteiger partial charge in [-0.2, -0.15) is 0 Å². The number of benzene rings is 1. The second-order valence-corrected chi connectivity index (χ2v) is 6.58. The Morgan fingerprint density at radius 2 is 1.29 bits per heavy atom. The molecule has 0 aliphatic heterocycles. The number of fused-ring (bicyclic) bond motifs is 1. The average molecular weight is 230 g/mol.